The highest BCUT2D eigenvalue weighted by molar-refractivity contribution is 7.91. The first-order valence-corrected chi connectivity index (χ1v) is 7.36. The summed E-state index contributed by atoms with van der Waals surface area (Å²) in [5.74, 6) is -0.342. The Morgan fingerprint density at radius 1 is 1.47 bits per heavy atom. The minimum Gasteiger partial charge on any atom is -0.301 e. The number of amides is 1. The predicted octanol–water partition coefficient (Wildman–Crippen LogP) is -0.302. The number of aromatic nitrogens is 4. The Bertz CT molecular complexity index is 662. The summed E-state index contributed by atoms with van der Waals surface area (Å²) in [6.45, 7) is 1.36. The summed E-state index contributed by atoms with van der Waals surface area (Å²) in [4.78, 5) is 10.8. The van der Waals surface area contributed by atoms with Gasteiger partial charge >= 0.3 is 0 Å². The van der Waals surface area contributed by atoms with E-state index in [0.717, 1.165) is 11.3 Å². The first kappa shape index (κ1) is 13.6. The van der Waals surface area contributed by atoms with Crippen LogP contribution in [0.25, 0.3) is 0 Å². The molecule has 0 saturated heterocycles. The van der Waals surface area contributed by atoms with Gasteiger partial charge < -0.3 is 5.32 Å². The lowest BCUT2D eigenvalue weighted by molar-refractivity contribution is -0.114. The fourth-order valence-corrected chi connectivity index (χ4v) is 3.13. The molecule has 0 radical (unpaired) electrons. The molecule has 0 unspecified atom stereocenters. The number of aromatic amines is 1. The molecular formula is C8H10N6O3S2. The van der Waals surface area contributed by atoms with Crippen LogP contribution in [0, 0.1) is 0 Å². The molecule has 0 aliphatic heterocycles. The van der Waals surface area contributed by atoms with Crippen LogP contribution >= 0.6 is 11.3 Å². The van der Waals surface area contributed by atoms with E-state index in [1.807, 2.05) is 0 Å². The zero-order chi connectivity index (χ0) is 13.9. The number of carbonyl (C=O) groups excluding carboxylic acids is 1. The molecule has 2 aromatic rings. The minimum atomic E-state index is -3.76. The molecular weight excluding hydrogens is 292 g/mol. The molecule has 0 saturated carbocycles. The molecule has 0 aliphatic carbocycles. The molecule has 102 valence electrons. The smallest absolute Gasteiger partial charge is 0.270 e. The van der Waals surface area contributed by atoms with Crippen molar-refractivity contribution in [3.63, 3.8) is 0 Å². The summed E-state index contributed by atoms with van der Waals surface area (Å²) in [6.07, 6.45) is 1.52. The molecule has 9 nitrogen and oxygen atoms in total. The van der Waals surface area contributed by atoms with E-state index in [-0.39, 0.29) is 21.9 Å². The molecule has 19 heavy (non-hydrogen) atoms. The van der Waals surface area contributed by atoms with Gasteiger partial charge in [-0.3, -0.25) is 9.89 Å². The van der Waals surface area contributed by atoms with E-state index in [4.69, 9.17) is 0 Å². The van der Waals surface area contributed by atoms with Gasteiger partial charge in [0, 0.05) is 13.1 Å². The monoisotopic (exact) mass is 302 g/mol. The number of nitrogens with zero attached hydrogens (tertiary/aromatic N) is 3. The lowest BCUT2D eigenvalue weighted by Gasteiger charge is -2.00. The number of rotatable bonds is 5. The van der Waals surface area contributed by atoms with Crippen molar-refractivity contribution in [2.24, 2.45) is 0 Å². The number of hydrogen-bond acceptors (Lipinski definition) is 7. The van der Waals surface area contributed by atoms with E-state index in [1.165, 1.54) is 13.1 Å². The van der Waals surface area contributed by atoms with Crippen molar-refractivity contribution in [1.29, 1.82) is 0 Å². The normalized spacial score (nSPS) is 11.4. The van der Waals surface area contributed by atoms with Crippen LogP contribution in [0.2, 0.25) is 0 Å². The molecule has 1 amide bonds. The summed E-state index contributed by atoms with van der Waals surface area (Å²) in [5, 5.41) is 15.9. The first-order chi connectivity index (χ1) is 8.97. The molecule has 0 aromatic carbocycles. The molecule has 3 N–H and O–H groups in total. The van der Waals surface area contributed by atoms with E-state index in [0.29, 0.717) is 5.69 Å². The van der Waals surface area contributed by atoms with E-state index >= 15 is 0 Å². The highest BCUT2D eigenvalue weighted by atomic mass is 32.2. The van der Waals surface area contributed by atoms with Gasteiger partial charge in [0.15, 0.2) is 0 Å². The molecule has 0 spiro atoms. The van der Waals surface area contributed by atoms with Crippen LogP contribution in [0.4, 0.5) is 5.13 Å². The second-order valence-corrected chi connectivity index (χ2v) is 6.38. The average Bonchev–Trinajstić information content (AvgIpc) is 2.96. The maximum absolute atomic E-state index is 11.9. The largest absolute Gasteiger partial charge is 0.301 e. The van der Waals surface area contributed by atoms with Crippen molar-refractivity contribution in [1.82, 2.24) is 25.1 Å². The third kappa shape index (κ3) is 3.56. The molecule has 2 heterocycles. The Hall–Kier alpha value is -1.85. The summed E-state index contributed by atoms with van der Waals surface area (Å²) in [7, 11) is -3.76. The summed E-state index contributed by atoms with van der Waals surface area (Å²) in [5.41, 5.74) is 0.621. The Kier molecular flexibility index (Phi) is 3.87. The summed E-state index contributed by atoms with van der Waals surface area (Å²) in [6, 6.07) is 1.64. The van der Waals surface area contributed by atoms with Crippen molar-refractivity contribution >= 4 is 32.4 Å². The lowest BCUT2D eigenvalue weighted by Crippen LogP contribution is -2.23. The molecule has 0 bridgehead atoms. The van der Waals surface area contributed by atoms with Crippen molar-refractivity contribution in [2.45, 2.75) is 17.8 Å². The van der Waals surface area contributed by atoms with E-state index in [2.05, 4.69) is 30.4 Å². The van der Waals surface area contributed by atoms with E-state index < -0.39 is 10.0 Å². The average molecular weight is 302 g/mol. The highest BCUT2D eigenvalue weighted by Gasteiger charge is 2.20. The van der Waals surface area contributed by atoms with Crippen LogP contribution in [-0.4, -0.2) is 34.7 Å². The lowest BCUT2D eigenvalue weighted by atomic mass is 10.4. The number of anilines is 1. The molecule has 0 aliphatic rings. The van der Waals surface area contributed by atoms with Crippen molar-refractivity contribution < 1.29 is 13.2 Å². The number of H-pyrrole nitrogens is 1. The zero-order valence-corrected chi connectivity index (χ0v) is 11.4. The Morgan fingerprint density at radius 2 is 2.26 bits per heavy atom. The molecule has 2 rings (SSSR count). The van der Waals surface area contributed by atoms with E-state index in [9.17, 15) is 13.2 Å². The van der Waals surface area contributed by atoms with Crippen LogP contribution in [0.3, 0.4) is 0 Å². The van der Waals surface area contributed by atoms with Crippen LogP contribution in [0.5, 0.6) is 0 Å². The maximum Gasteiger partial charge on any atom is 0.270 e. The van der Waals surface area contributed by atoms with Gasteiger partial charge in [-0.2, -0.15) is 5.10 Å². The van der Waals surface area contributed by atoms with E-state index in [1.54, 1.807) is 6.07 Å². The van der Waals surface area contributed by atoms with Crippen LogP contribution in [-0.2, 0) is 21.4 Å². The summed E-state index contributed by atoms with van der Waals surface area (Å²) >= 11 is 0.775. The first-order valence-electron chi connectivity index (χ1n) is 5.06. The fourth-order valence-electron chi connectivity index (χ4n) is 1.14. The zero-order valence-electron chi connectivity index (χ0n) is 9.74. The molecule has 0 fully saturated rings. The number of nitrogens with one attached hydrogen (secondary N) is 3. The third-order valence-electron chi connectivity index (χ3n) is 1.93. The van der Waals surface area contributed by atoms with Crippen LogP contribution < -0.4 is 10.0 Å². The third-order valence-corrected chi connectivity index (χ3v) is 4.54. The van der Waals surface area contributed by atoms with Crippen LogP contribution in [0.1, 0.15) is 12.6 Å². The van der Waals surface area contributed by atoms with Gasteiger partial charge in [0.25, 0.3) is 10.0 Å². The van der Waals surface area contributed by atoms with Gasteiger partial charge in [0.05, 0.1) is 12.2 Å². The summed E-state index contributed by atoms with van der Waals surface area (Å²) < 4.78 is 25.9. The Labute approximate surface area is 112 Å². The van der Waals surface area contributed by atoms with Crippen molar-refractivity contribution in [2.75, 3.05) is 5.32 Å². The number of hydrogen-bond donors (Lipinski definition) is 3. The maximum atomic E-state index is 11.9. The van der Waals surface area contributed by atoms with Gasteiger partial charge in [0.1, 0.15) is 0 Å². The number of sulfonamides is 1. The van der Waals surface area contributed by atoms with Gasteiger partial charge in [-0.25, -0.2) is 13.1 Å². The fraction of sp³-hybridized carbons (Fsp3) is 0.250. The Morgan fingerprint density at radius 3 is 2.89 bits per heavy atom. The van der Waals surface area contributed by atoms with Crippen LogP contribution in [0.15, 0.2) is 16.6 Å². The topological polar surface area (TPSA) is 130 Å². The molecule has 11 heteroatoms. The van der Waals surface area contributed by atoms with Gasteiger partial charge in [-0.05, 0) is 6.07 Å². The van der Waals surface area contributed by atoms with Crippen molar-refractivity contribution in [3.05, 3.63) is 18.0 Å². The second-order valence-electron chi connectivity index (χ2n) is 3.46. The number of carbonyl (C=O) groups is 1. The van der Waals surface area contributed by atoms with Crippen molar-refractivity contribution in [3.8, 4) is 0 Å². The van der Waals surface area contributed by atoms with Gasteiger partial charge in [-0.1, -0.05) is 11.3 Å². The standard InChI is InChI=1S/C8H10N6O3S2/c1-5(15)11-7-13-14-8(18-7)19(16,17)10-4-6-2-3-9-12-6/h2-3,10H,4H2,1H3,(H,9,12)(H,11,13,15). The minimum absolute atomic E-state index is 0.0668. The quantitative estimate of drug-likeness (QED) is 0.650. The highest BCUT2D eigenvalue weighted by Crippen LogP contribution is 2.19. The SMILES string of the molecule is CC(=O)Nc1nnc(S(=O)(=O)NCc2ccn[nH]2)s1. The predicted molar refractivity (Wildman–Crippen MR) is 66.8 cm³/mol. The molecule has 0 atom stereocenters. The molecule has 2 aromatic heterocycles. The van der Waals surface area contributed by atoms with Gasteiger partial charge in [0.2, 0.25) is 15.4 Å². The van der Waals surface area contributed by atoms with Gasteiger partial charge in [-0.15, -0.1) is 10.2 Å². The Balaban J connectivity index is 2.06. The second kappa shape index (κ2) is 5.42.